The summed E-state index contributed by atoms with van der Waals surface area (Å²) in [7, 11) is 1.69. The van der Waals surface area contributed by atoms with Crippen LogP contribution < -0.4 is 10.6 Å². The number of nitrogens with zero attached hydrogens (tertiary/aromatic N) is 4. The van der Waals surface area contributed by atoms with Crippen molar-refractivity contribution in [2.45, 2.75) is 31.8 Å². The molecule has 2 atom stereocenters. The number of hydrogen-bond donors (Lipinski definition) is 1. The van der Waals surface area contributed by atoms with Crippen molar-refractivity contribution in [3.8, 4) is 0 Å². The van der Waals surface area contributed by atoms with E-state index in [0.717, 1.165) is 19.4 Å². The molecule has 2 unspecified atom stereocenters. The van der Waals surface area contributed by atoms with Crippen LogP contribution in [0.3, 0.4) is 0 Å². The van der Waals surface area contributed by atoms with Gasteiger partial charge in [0.15, 0.2) is 0 Å². The first-order valence-electron chi connectivity index (χ1n) is 5.69. The first kappa shape index (κ1) is 11.8. The fraction of sp³-hybridized carbons (Fsp3) is 0.700. The molecule has 1 fully saturated rings. The molecule has 0 spiro atoms. The highest BCUT2D eigenvalue weighted by Crippen LogP contribution is 2.30. The van der Waals surface area contributed by atoms with Crippen LogP contribution in [0.5, 0.6) is 0 Å². The van der Waals surface area contributed by atoms with Crippen LogP contribution in [0.1, 0.15) is 19.8 Å². The quantitative estimate of drug-likeness (QED) is 0.604. The van der Waals surface area contributed by atoms with Gasteiger partial charge in [0.2, 0.25) is 5.82 Å². The second-order valence-electron chi connectivity index (χ2n) is 4.60. The van der Waals surface area contributed by atoms with Crippen molar-refractivity contribution in [1.82, 2.24) is 9.78 Å². The average Bonchev–Trinajstić information content (AvgIpc) is 2.60. The zero-order valence-electron chi connectivity index (χ0n) is 10.0. The van der Waals surface area contributed by atoms with Crippen LogP contribution in [-0.4, -0.2) is 33.3 Å². The molecule has 1 aliphatic rings. The van der Waals surface area contributed by atoms with Crippen LogP contribution in [0.25, 0.3) is 0 Å². The summed E-state index contributed by atoms with van der Waals surface area (Å²) in [6.07, 6.45) is 3.13. The number of piperidine rings is 1. The van der Waals surface area contributed by atoms with E-state index in [4.69, 9.17) is 5.73 Å². The highest BCUT2D eigenvalue weighted by Gasteiger charge is 2.30. The Morgan fingerprint density at radius 2 is 2.35 bits per heavy atom. The maximum absolute atomic E-state index is 10.9. The first-order chi connectivity index (χ1) is 7.99. The Morgan fingerprint density at radius 1 is 1.65 bits per heavy atom. The molecule has 2 N–H and O–H groups in total. The number of aryl methyl sites for hydroxylation is 1. The van der Waals surface area contributed by atoms with Crippen LogP contribution in [0.4, 0.5) is 11.5 Å². The van der Waals surface area contributed by atoms with Gasteiger partial charge >= 0.3 is 5.69 Å². The van der Waals surface area contributed by atoms with Crippen molar-refractivity contribution in [3.63, 3.8) is 0 Å². The minimum absolute atomic E-state index is 0.0646. The Kier molecular flexibility index (Phi) is 3.01. The number of hydrogen-bond acceptors (Lipinski definition) is 5. The van der Waals surface area contributed by atoms with Crippen molar-refractivity contribution in [2.75, 3.05) is 11.4 Å². The number of rotatable bonds is 2. The predicted octanol–water partition coefficient (Wildman–Crippen LogP) is 0.644. The van der Waals surface area contributed by atoms with E-state index in [9.17, 15) is 10.1 Å². The summed E-state index contributed by atoms with van der Waals surface area (Å²) in [5.74, 6) is 0.455. The van der Waals surface area contributed by atoms with E-state index < -0.39 is 0 Å². The summed E-state index contributed by atoms with van der Waals surface area (Å²) < 4.78 is 1.48. The van der Waals surface area contributed by atoms with E-state index >= 15 is 0 Å². The molecule has 0 aromatic carbocycles. The lowest BCUT2D eigenvalue weighted by Gasteiger charge is -2.35. The molecular weight excluding hydrogens is 222 g/mol. The third-order valence-electron chi connectivity index (χ3n) is 3.18. The fourth-order valence-corrected chi connectivity index (χ4v) is 2.32. The molecule has 0 radical (unpaired) electrons. The minimum Gasteiger partial charge on any atom is -0.347 e. The van der Waals surface area contributed by atoms with E-state index in [1.807, 2.05) is 11.8 Å². The Balaban J connectivity index is 2.30. The van der Waals surface area contributed by atoms with Crippen LogP contribution in [0.15, 0.2) is 6.20 Å². The van der Waals surface area contributed by atoms with Gasteiger partial charge in [-0.15, -0.1) is 5.10 Å². The fourth-order valence-electron chi connectivity index (χ4n) is 2.32. The third-order valence-corrected chi connectivity index (χ3v) is 3.18. The molecule has 2 heterocycles. The van der Waals surface area contributed by atoms with Gasteiger partial charge < -0.3 is 10.6 Å². The van der Waals surface area contributed by atoms with E-state index in [1.165, 1.54) is 10.9 Å². The van der Waals surface area contributed by atoms with Crippen molar-refractivity contribution < 1.29 is 4.92 Å². The van der Waals surface area contributed by atoms with Crippen LogP contribution in [0.2, 0.25) is 0 Å². The van der Waals surface area contributed by atoms with Gasteiger partial charge in [-0.05, 0) is 19.8 Å². The lowest BCUT2D eigenvalue weighted by atomic mass is 9.99. The number of aromatic nitrogens is 2. The molecule has 1 saturated heterocycles. The Hall–Kier alpha value is -1.63. The largest absolute Gasteiger partial charge is 0.347 e. The van der Waals surface area contributed by atoms with Crippen LogP contribution in [0, 0.1) is 10.1 Å². The molecule has 0 bridgehead atoms. The van der Waals surface area contributed by atoms with Gasteiger partial charge in [0.1, 0.15) is 6.20 Å². The SMILES string of the molecule is CC1CC(N)CCN1c1nn(C)cc1[N+](=O)[O-]. The summed E-state index contributed by atoms with van der Waals surface area (Å²) in [5.41, 5.74) is 5.95. The highest BCUT2D eigenvalue weighted by molar-refractivity contribution is 5.57. The van der Waals surface area contributed by atoms with Gasteiger partial charge in [-0.3, -0.25) is 14.8 Å². The predicted molar refractivity (Wildman–Crippen MR) is 63.9 cm³/mol. The van der Waals surface area contributed by atoms with Gasteiger partial charge in [-0.1, -0.05) is 0 Å². The summed E-state index contributed by atoms with van der Waals surface area (Å²) >= 11 is 0. The number of nitro groups is 1. The molecule has 2 rings (SSSR count). The average molecular weight is 239 g/mol. The molecule has 7 heteroatoms. The minimum atomic E-state index is -0.385. The summed E-state index contributed by atoms with van der Waals surface area (Å²) in [4.78, 5) is 12.5. The molecule has 0 aliphatic carbocycles. The van der Waals surface area contributed by atoms with Gasteiger partial charge in [0.25, 0.3) is 0 Å². The summed E-state index contributed by atoms with van der Waals surface area (Å²) in [6, 6.07) is 0.372. The zero-order valence-corrected chi connectivity index (χ0v) is 10.0. The first-order valence-corrected chi connectivity index (χ1v) is 5.69. The monoisotopic (exact) mass is 239 g/mol. The third kappa shape index (κ3) is 2.23. The lowest BCUT2D eigenvalue weighted by Crippen LogP contribution is -2.46. The lowest BCUT2D eigenvalue weighted by molar-refractivity contribution is -0.384. The van der Waals surface area contributed by atoms with E-state index in [2.05, 4.69) is 5.10 Å². The molecule has 0 amide bonds. The normalized spacial score (nSPS) is 25.0. The number of anilines is 1. The highest BCUT2D eigenvalue weighted by atomic mass is 16.6. The summed E-state index contributed by atoms with van der Waals surface area (Å²) in [6.45, 7) is 2.75. The molecule has 1 aromatic rings. The molecule has 17 heavy (non-hydrogen) atoms. The van der Waals surface area contributed by atoms with E-state index in [0.29, 0.717) is 5.82 Å². The van der Waals surface area contributed by atoms with Crippen LogP contribution in [-0.2, 0) is 7.05 Å². The molecule has 7 nitrogen and oxygen atoms in total. The Labute approximate surface area is 99.3 Å². The van der Waals surface area contributed by atoms with Crippen molar-refractivity contribution in [2.24, 2.45) is 12.8 Å². The molecule has 1 aliphatic heterocycles. The molecule has 1 aromatic heterocycles. The van der Waals surface area contributed by atoms with Crippen molar-refractivity contribution in [3.05, 3.63) is 16.3 Å². The van der Waals surface area contributed by atoms with E-state index in [1.54, 1.807) is 7.05 Å². The smallest absolute Gasteiger partial charge is 0.330 e. The van der Waals surface area contributed by atoms with E-state index in [-0.39, 0.29) is 22.7 Å². The Morgan fingerprint density at radius 3 is 2.94 bits per heavy atom. The molecular formula is C10H17N5O2. The van der Waals surface area contributed by atoms with Gasteiger partial charge in [-0.25, -0.2) is 0 Å². The molecule has 0 saturated carbocycles. The van der Waals surface area contributed by atoms with Crippen molar-refractivity contribution in [1.29, 1.82) is 0 Å². The Bertz CT molecular complexity index is 430. The van der Waals surface area contributed by atoms with Gasteiger partial charge in [0, 0.05) is 25.7 Å². The van der Waals surface area contributed by atoms with Crippen molar-refractivity contribution >= 4 is 11.5 Å². The second kappa shape index (κ2) is 4.33. The summed E-state index contributed by atoms with van der Waals surface area (Å²) in [5, 5.41) is 15.1. The molecule has 94 valence electrons. The zero-order chi connectivity index (χ0) is 12.6. The maximum Gasteiger partial charge on any atom is 0.330 e. The number of nitrogens with two attached hydrogens (primary N) is 1. The van der Waals surface area contributed by atoms with Gasteiger partial charge in [0.05, 0.1) is 4.92 Å². The maximum atomic E-state index is 10.9. The van der Waals surface area contributed by atoms with Crippen LogP contribution >= 0.6 is 0 Å². The standard InChI is InChI=1S/C10H17N5O2/c1-7-5-8(11)3-4-14(7)10-9(15(16)17)6-13(2)12-10/h6-8H,3-5,11H2,1-2H3. The van der Waals surface area contributed by atoms with Gasteiger partial charge in [-0.2, -0.15) is 0 Å². The second-order valence-corrected chi connectivity index (χ2v) is 4.60. The topological polar surface area (TPSA) is 90.2 Å².